The second-order valence-corrected chi connectivity index (χ2v) is 4.76. The van der Waals surface area contributed by atoms with Gasteiger partial charge in [-0.15, -0.1) is 0 Å². The number of benzene rings is 1. The third-order valence-corrected chi connectivity index (χ3v) is 3.74. The fraction of sp³-hybridized carbons (Fsp3) is 0.143. The van der Waals surface area contributed by atoms with Crippen LogP contribution in [0.2, 0.25) is 0 Å². The molecule has 2 rings (SSSR count). The summed E-state index contributed by atoms with van der Waals surface area (Å²) in [6.45, 7) is 1.97. The minimum absolute atomic E-state index is 0.231. The van der Waals surface area contributed by atoms with E-state index in [2.05, 4.69) is 26.2 Å². The summed E-state index contributed by atoms with van der Waals surface area (Å²) in [7, 11) is 1.51. The summed E-state index contributed by atoms with van der Waals surface area (Å²) in [6, 6.07) is 7.31. The Bertz CT molecular complexity index is 614. The highest BCUT2D eigenvalue weighted by molar-refractivity contribution is 9.10. The number of nitrogens with zero attached hydrogens (tertiary/aromatic N) is 1. The van der Waals surface area contributed by atoms with E-state index < -0.39 is 0 Å². The molecule has 0 aliphatic carbocycles. The summed E-state index contributed by atoms with van der Waals surface area (Å²) >= 11 is 3.46. The fourth-order valence-electron chi connectivity index (χ4n) is 1.66. The predicted octanol–water partition coefficient (Wildman–Crippen LogP) is 3.41. The second kappa shape index (κ2) is 5.84. The van der Waals surface area contributed by atoms with Crippen LogP contribution in [0.5, 0.6) is 5.75 Å². The highest BCUT2D eigenvalue weighted by Crippen LogP contribution is 2.27. The van der Waals surface area contributed by atoms with Crippen LogP contribution in [0.3, 0.4) is 0 Å². The van der Waals surface area contributed by atoms with Gasteiger partial charge in [-0.25, -0.2) is 0 Å². The number of aromatic nitrogens is 1. The van der Waals surface area contributed by atoms with Crippen LogP contribution in [0.15, 0.2) is 41.1 Å². The van der Waals surface area contributed by atoms with E-state index in [0.717, 1.165) is 15.7 Å². The number of hydrogen-bond acceptors (Lipinski definition) is 3. The first-order chi connectivity index (χ1) is 9.13. The highest BCUT2D eigenvalue weighted by atomic mass is 79.9. The van der Waals surface area contributed by atoms with Crippen LogP contribution < -0.4 is 10.1 Å². The summed E-state index contributed by atoms with van der Waals surface area (Å²) in [5.74, 6) is 0.217. The Morgan fingerprint density at radius 2 is 2.16 bits per heavy atom. The van der Waals surface area contributed by atoms with Crippen molar-refractivity contribution in [1.82, 2.24) is 4.98 Å². The van der Waals surface area contributed by atoms with Gasteiger partial charge < -0.3 is 10.1 Å². The van der Waals surface area contributed by atoms with Crippen molar-refractivity contribution in [2.45, 2.75) is 6.92 Å². The van der Waals surface area contributed by atoms with Crippen molar-refractivity contribution in [3.63, 3.8) is 0 Å². The van der Waals surface area contributed by atoms with Gasteiger partial charge in [0.05, 0.1) is 24.6 Å². The van der Waals surface area contributed by atoms with Gasteiger partial charge in [0.15, 0.2) is 0 Å². The molecule has 0 unspecified atom stereocenters. The zero-order valence-electron chi connectivity index (χ0n) is 10.6. The molecule has 0 aliphatic heterocycles. The number of amides is 1. The maximum Gasteiger partial charge on any atom is 0.259 e. The molecule has 0 spiro atoms. The molecule has 1 aromatic carbocycles. The van der Waals surface area contributed by atoms with E-state index in [9.17, 15) is 4.79 Å². The largest absolute Gasteiger partial charge is 0.494 e. The zero-order chi connectivity index (χ0) is 13.8. The summed E-state index contributed by atoms with van der Waals surface area (Å²) in [5, 5.41) is 2.85. The summed E-state index contributed by atoms with van der Waals surface area (Å²) in [5.41, 5.74) is 2.23. The lowest BCUT2D eigenvalue weighted by atomic mass is 10.2. The Labute approximate surface area is 119 Å². The van der Waals surface area contributed by atoms with Gasteiger partial charge >= 0.3 is 0 Å². The van der Waals surface area contributed by atoms with Crippen molar-refractivity contribution in [1.29, 1.82) is 0 Å². The number of nitrogens with one attached hydrogen (secondary N) is 1. The molecule has 0 aliphatic rings. The van der Waals surface area contributed by atoms with Gasteiger partial charge in [-0.05, 0) is 40.5 Å². The maximum absolute atomic E-state index is 12.2. The van der Waals surface area contributed by atoms with E-state index in [1.807, 2.05) is 25.1 Å². The molecule has 0 fully saturated rings. The number of hydrogen-bond donors (Lipinski definition) is 1. The molecule has 1 amide bonds. The summed E-state index contributed by atoms with van der Waals surface area (Å²) in [6.07, 6.45) is 3.07. The van der Waals surface area contributed by atoms with Crippen LogP contribution in [0, 0.1) is 6.92 Å². The van der Waals surface area contributed by atoms with Gasteiger partial charge in [-0.3, -0.25) is 9.78 Å². The lowest BCUT2D eigenvalue weighted by Gasteiger charge is -2.11. The third kappa shape index (κ3) is 2.93. The van der Waals surface area contributed by atoms with E-state index in [4.69, 9.17) is 4.74 Å². The van der Waals surface area contributed by atoms with E-state index in [0.29, 0.717) is 11.3 Å². The lowest BCUT2D eigenvalue weighted by molar-refractivity contribution is 0.102. The SMILES string of the molecule is COc1cnccc1C(=O)Nc1cccc(C)c1Br. The van der Waals surface area contributed by atoms with E-state index >= 15 is 0 Å². The van der Waals surface area contributed by atoms with E-state index in [1.165, 1.54) is 13.3 Å². The number of rotatable bonds is 3. The Kier molecular flexibility index (Phi) is 4.16. The predicted molar refractivity (Wildman–Crippen MR) is 77.6 cm³/mol. The van der Waals surface area contributed by atoms with Crippen LogP contribution in [-0.4, -0.2) is 18.0 Å². The van der Waals surface area contributed by atoms with Crippen LogP contribution in [0.1, 0.15) is 15.9 Å². The number of pyridine rings is 1. The molecule has 1 heterocycles. The van der Waals surface area contributed by atoms with Gasteiger partial charge in [-0.1, -0.05) is 12.1 Å². The minimum Gasteiger partial charge on any atom is -0.494 e. The normalized spacial score (nSPS) is 10.1. The van der Waals surface area contributed by atoms with Crippen LogP contribution in [0.4, 0.5) is 5.69 Å². The Morgan fingerprint density at radius 1 is 1.37 bits per heavy atom. The molecule has 4 nitrogen and oxygen atoms in total. The number of aryl methyl sites for hydroxylation is 1. The van der Waals surface area contributed by atoms with Gasteiger partial charge in [-0.2, -0.15) is 0 Å². The molecule has 0 atom stereocenters. The average molecular weight is 321 g/mol. The van der Waals surface area contributed by atoms with Crippen molar-refractivity contribution in [3.05, 3.63) is 52.3 Å². The zero-order valence-corrected chi connectivity index (χ0v) is 12.2. The first-order valence-corrected chi connectivity index (χ1v) is 6.47. The molecular formula is C14H13BrN2O2. The molecule has 0 saturated heterocycles. The molecule has 98 valence electrons. The Hall–Kier alpha value is -1.88. The molecule has 0 radical (unpaired) electrons. The Balaban J connectivity index is 2.28. The molecule has 5 heteroatoms. The number of carbonyl (C=O) groups excluding carboxylic acids is 1. The first-order valence-electron chi connectivity index (χ1n) is 5.68. The van der Waals surface area contributed by atoms with Crippen LogP contribution in [0.25, 0.3) is 0 Å². The fourth-order valence-corrected chi connectivity index (χ4v) is 2.03. The summed E-state index contributed by atoms with van der Waals surface area (Å²) in [4.78, 5) is 16.1. The molecule has 0 saturated carbocycles. The third-order valence-electron chi connectivity index (χ3n) is 2.69. The number of anilines is 1. The van der Waals surface area contributed by atoms with Crippen molar-refractivity contribution >= 4 is 27.5 Å². The second-order valence-electron chi connectivity index (χ2n) is 3.97. The summed E-state index contributed by atoms with van der Waals surface area (Å²) < 4.78 is 5.99. The number of halogens is 1. The van der Waals surface area contributed by atoms with Gasteiger partial charge in [0.2, 0.25) is 0 Å². The smallest absolute Gasteiger partial charge is 0.259 e. The number of methoxy groups -OCH3 is 1. The molecule has 19 heavy (non-hydrogen) atoms. The molecule has 2 aromatic rings. The van der Waals surface area contributed by atoms with Gasteiger partial charge in [0.1, 0.15) is 5.75 Å². The van der Waals surface area contributed by atoms with Crippen LogP contribution in [-0.2, 0) is 0 Å². The monoisotopic (exact) mass is 320 g/mol. The Morgan fingerprint density at radius 3 is 2.89 bits per heavy atom. The van der Waals surface area contributed by atoms with E-state index in [1.54, 1.807) is 12.3 Å². The molecule has 1 N–H and O–H groups in total. The minimum atomic E-state index is -0.231. The molecule has 1 aromatic heterocycles. The number of carbonyl (C=O) groups is 1. The van der Waals surface area contributed by atoms with Gasteiger partial charge in [0.25, 0.3) is 5.91 Å². The topological polar surface area (TPSA) is 51.2 Å². The standard InChI is InChI=1S/C14H13BrN2O2/c1-9-4-3-5-11(13(9)15)17-14(18)10-6-7-16-8-12(10)19-2/h3-8H,1-2H3,(H,17,18). The van der Waals surface area contributed by atoms with Crippen molar-refractivity contribution in [2.75, 3.05) is 12.4 Å². The van der Waals surface area contributed by atoms with Crippen LogP contribution >= 0.6 is 15.9 Å². The van der Waals surface area contributed by atoms with E-state index in [-0.39, 0.29) is 5.91 Å². The van der Waals surface area contributed by atoms with Crippen molar-refractivity contribution in [2.24, 2.45) is 0 Å². The van der Waals surface area contributed by atoms with Crippen molar-refractivity contribution < 1.29 is 9.53 Å². The average Bonchev–Trinajstić information content (AvgIpc) is 2.43. The molecular weight excluding hydrogens is 308 g/mol. The lowest BCUT2D eigenvalue weighted by Crippen LogP contribution is -2.13. The maximum atomic E-state index is 12.2. The highest BCUT2D eigenvalue weighted by Gasteiger charge is 2.13. The first kappa shape index (κ1) is 13.5. The number of ether oxygens (including phenoxy) is 1. The quantitative estimate of drug-likeness (QED) is 0.942. The van der Waals surface area contributed by atoms with Crippen molar-refractivity contribution in [3.8, 4) is 5.75 Å². The molecule has 0 bridgehead atoms. The van der Waals surface area contributed by atoms with Gasteiger partial charge in [0, 0.05) is 10.7 Å².